The van der Waals surface area contributed by atoms with Gasteiger partial charge in [-0.25, -0.2) is 24.9 Å². The molecule has 7 nitrogen and oxygen atoms in total. The maximum absolute atomic E-state index is 14.3. The van der Waals surface area contributed by atoms with E-state index in [1.54, 1.807) is 36.9 Å². The minimum Gasteiger partial charge on any atom is -0.294 e. The first kappa shape index (κ1) is 35.0. The summed E-state index contributed by atoms with van der Waals surface area (Å²) in [5.41, 5.74) is 1.33. The Balaban J connectivity index is 1.28. The van der Waals surface area contributed by atoms with E-state index in [1.165, 1.54) is 12.1 Å². The van der Waals surface area contributed by atoms with Crippen LogP contribution in [-0.2, 0) is 12.4 Å². The molecule has 58 heavy (non-hydrogen) atoms. The Bertz CT molecular complexity index is 3000. The molecule has 0 atom stereocenters. The van der Waals surface area contributed by atoms with Gasteiger partial charge in [-0.15, -0.1) is 0 Å². The Kier molecular flexibility index (Phi) is 7.90. The van der Waals surface area contributed by atoms with Crippen molar-refractivity contribution in [2.24, 2.45) is 0 Å². The van der Waals surface area contributed by atoms with E-state index < -0.39 is 23.5 Å². The highest BCUT2D eigenvalue weighted by molar-refractivity contribution is 6.11. The highest BCUT2D eigenvalue weighted by Gasteiger charge is 2.37. The van der Waals surface area contributed by atoms with E-state index in [4.69, 9.17) is 4.98 Å². The molecule has 0 amide bonds. The average Bonchev–Trinajstić information content (AvgIpc) is 3.75. The van der Waals surface area contributed by atoms with Crippen molar-refractivity contribution in [3.05, 3.63) is 163 Å². The molecule has 0 spiro atoms. The van der Waals surface area contributed by atoms with E-state index >= 15 is 0 Å². The molecule has 282 valence electrons. The van der Waals surface area contributed by atoms with Crippen molar-refractivity contribution in [2.45, 2.75) is 12.4 Å². The fourth-order valence-corrected chi connectivity index (χ4v) is 7.63. The van der Waals surface area contributed by atoms with Gasteiger partial charge in [0.2, 0.25) is 0 Å². The lowest BCUT2D eigenvalue weighted by Gasteiger charge is -2.17. The van der Waals surface area contributed by atoms with Crippen LogP contribution in [0.3, 0.4) is 0 Å². The standard InChI is InChI=1S/C45H25F6N7/c46-44(47,48)30-19-28(20-31(25-30)45(49,50)51)29-23-40(57-36-9-3-1-7-32(36)34-21-26(11-13-38(34)57)42-52-15-5-16-53-42)56-41(24-29)58-37-10-4-2-8-33(37)35-22-27(12-14-39(35)58)43-54-17-6-18-55-43/h1-25H. The van der Waals surface area contributed by atoms with Crippen molar-refractivity contribution in [3.8, 4) is 45.5 Å². The molecule has 0 aliphatic rings. The number of hydrogen-bond donors (Lipinski definition) is 0. The van der Waals surface area contributed by atoms with Gasteiger partial charge < -0.3 is 0 Å². The molecule has 13 heteroatoms. The molecule has 5 aromatic carbocycles. The number of aromatic nitrogens is 7. The van der Waals surface area contributed by atoms with Crippen molar-refractivity contribution in [1.29, 1.82) is 0 Å². The summed E-state index contributed by atoms with van der Waals surface area (Å²) < 4.78 is 89.3. The number of nitrogens with zero attached hydrogens (tertiary/aromatic N) is 7. The predicted octanol–water partition coefficient (Wildman–Crippen LogP) is 11.9. The zero-order valence-corrected chi connectivity index (χ0v) is 29.8. The lowest BCUT2D eigenvalue weighted by atomic mass is 9.99. The van der Waals surface area contributed by atoms with Crippen molar-refractivity contribution in [1.82, 2.24) is 34.1 Å². The Morgan fingerprint density at radius 1 is 0.362 bits per heavy atom. The summed E-state index contributed by atoms with van der Waals surface area (Å²) in [5.74, 6) is 1.58. The van der Waals surface area contributed by atoms with Gasteiger partial charge in [-0.05, 0) is 102 Å². The van der Waals surface area contributed by atoms with Crippen LogP contribution in [0, 0.1) is 0 Å². The van der Waals surface area contributed by atoms with Gasteiger partial charge in [0.15, 0.2) is 11.6 Å². The van der Waals surface area contributed by atoms with E-state index in [0.29, 0.717) is 33.7 Å². The number of fused-ring (bicyclic) bond motifs is 6. The number of pyridine rings is 1. The SMILES string of the molecule is FC(F)(F)c1cc(-c2cc(-n3c4ccccc4c4cc(-c5ncccn5)ccc43)nc(-n3c4ccccc4c4cc(-c5ncccn5)ccc43)c2)cc(C(F)(F)F)c1. The highest BCUT2D eigenvalue weighted by atomic mass is 19.4. The minimum atomic E-state index is -5.05. The van der Waals surface area contributed by atoms with Crippen LogP contribution in [0.1, 0.15) is 11.1 Å². The summed E-state index contributed by atoms with van der Waals surface area (Å²) in [6.07, 6.45) is -3.50. The molecule has 0 aliphatic heterocycles. The molecule has 0 saturated heterocycles. The predicted molar refractivity (Wildman–Crippen MR) is 210 cm³/mol. The van der Waals surface area contributed by atoms with Crippen LogP contribution in [0.25, 0.3) is 89.2 Å². The fourth-order valence-electron chi connectivity index (χ4n) is 7.63. The highest BCUT2D eigenvalue weighted by Crippen LogP contribution is 2.42. The van der Waals surface area contributed by atoms with E-state index in [0.717, 1.165) is 44.8 Å². The third-order valence-electron chi connectivity index (χ3n) is 10.2. The summed E-state index contributed by atoms with van der Waals surface area (Å²) >= 11 is 0. The summed E-state index contributed by atoms with van der Waals surface area (Å²) in [5, 5.41) is 3.32. The zero-order valence-electron chi connectivity index (χ0n) is 29.8. The second-order valence-electron chi connectivity index (χ2n) is 13.7. The molecule has 0 radical (unpaired) electrons. The van der Waals surface area contributed by atoms with Crippen LogP contribution in [-0.4, -0.2) is 34.1 Å². The summed E-state index contributed by atoms with van der Waals surface area (Å²) in [6, 6.07) is 34.7. The molecule has 0 bridgehead atoms. The summed E-state index contributed by atoms with van der Waals surface area (Å²) in [4.78, 5) is 22.8. The maximum Gasteiger partial charge on any atom is 0.416 e. The van der Waals surface area contributed by atoms with Gasteiger partial charge in [-0.3, -0.25) is 9.13 Å². The first-order valence-electron chi connectivity index (χ1n) is 18.0. The Morgan fingerprint density at radius 2 is 0.759 bits per heavy atom. The largest absolute Gasteiger partial charge is 0.416 e. The van der Waals surface area contributed by atoms with Crippen LogP contribution < -0.4 is 0 Å². The molecule has 5 heterocycles. The summed E-state index contributed by atoms with van der Waals surface area (Å²) in [6.45, 7) is 0. The van der Waals surface area contributed by atoms with Crippen molar-refractivity contribution >= 4 is 43.6 Å². The molecule has 10 rings (SSSR count). The maximum atomic E-state index is 14.3. The first-order chi connectivity index (χ1) is 28.0. The average molecular weight is 778 g/mol. The molecule has 0 aliphatic carbocycles. The van der Waals surface area contributed by atoms with Gasteiger partial charge in [-0.1, -0.05) is 36.4 Å². The van der Waals surface area contributed by atoms with Crippen molar-refractivity contribution in [2.75, 3.05) is 0 Å². The number of hydrogen-bond acceptors (Lipinski definition) is 5. The topological polar surface area (TPSA) is 74.3 Å². The number of para-hydroxylation sites is 2. The lowest BCUT2D eigenvalue weighted by molar-refractivity contribution is -0.143. The van der Waals surface area contributed by atoms with Gasteiger partial charge in [0.25, 0.3) is 0 Å². The molecular formula is C45H25F6N7. The third kappa shape index (κ3) is 5.90. The van der Waals surface area contributed by atoms with E-state index in [1.807, 2.05) is 94.1 Å². The monoisotopic (exact) mass is 777 g/mol. The van der Waals surface area contributed by atoms with Crippen LogP contribution >= 0.6 is 0 Å². The second kappa shape index (κ2) is 13.1. The number of benzene rings is 5. The lowest BCUT2D eigenvalue weighted by Crippen LogP contribution is -2.11. The molecule has 0 saturated carbocycles. The zero-order chi connectivity index (χ0) is 39.8. The van der Waals surface area contributed by atoms with E-state index in [9.17, 15) is 26.3 Å². The van der Waals surface area contributed by atoms with Gasteiger partial charge >= 0.3 is 12.4 Å². The van der Waals surface area contributed by atoms with Gasteiger partial charge in [-0.2, -0.15) is 26.3 Å². The van der Waals surface area contributed by atoms with Crippen molar-refractivity contribution < 1.29 is 26.3 Å². The fraction of sp³-hybridized carbons (Fsp3) is 0.0444. The Labute approximate surface area is 324 Å². The van der Waals surface area contributed by atoms with E-state index in [-0.39, 0.29) is 28.8 Å². The molecular weight excluding hydrogens is 753 g/mol. The quantitative estimate of drug-likeness (QED) is 0.163. The number of rotatable bonds is 5. The number of alkyl halides is 6. The normalized spacial score (nSPS) is 12.3. The third-order valence-corrected chi connectivity index (χ3v) is 10.2. The summed E-state index contributed by atoms with van der Waals surface area (Å²) in [7, 11) is 0. The molecule has 0 unspecified atom stereocenters. The second-order valence-corrected chi connectivity index (χ2v) is 13.7. The van der Waals surface area contributed by atoms with Crippen LogP contribution in [0.15, 0.2) is 152 Å². The molecule has 5 aromatic heterocycles. The Hall–Kier alpha value is -7.41. The van der Waals surface area contributed by atoms with Crippen molar-refractivity contribution in [3.63, 3.8) is 0 Å². The number of halogens is 6. The Morgan fingerprint density at radius 3 is 1.19 bits per heavy atom. The van der Waals surface area contributed by atoms with Gasteiger partial charge in [0, 0.05) is 57.5 Å². The van der Waals surface area contributed by atoms with Crippen LogP contribution in [0.4, 0.5) is 26.3 Å². The first-order valence-corrected chi connectivity index (χ1v) is 18.0. The van der Waals surface area contributed by atoms with Gasteiger partial charge in [0.1, 0.15) is 11.6 Å². The molecule has 0 N–H and O–H groups in total. The smallest absolute Gasteiger partial charge is 0.294 e. The van der Waals surface area contributed by atoms with E-state index in [2.05, 4.69) is 19.9 Å². The van der Waals surface area contributed by atoms with Crippen LogP contribution in [0.2, 0.25) is 0 Å². The van der Waals surface area contributed by atoms with Gasteiger partial charge in [0.05, 0.1) is 33.2 Å². The minimum absolute atomic E-state index is 0.0945. The molecule has 0 fully saturated rings. The van der Waals surface area contributed by atoms with Crippen LogP contribution in [0.5, 0.6) is 0 Å². The molecule has 10 aromatic rings.